The predicted molar refractivity (Wildman–Crippen MR) is 103 cm³/mol. The number of carbonyl (C=O) groups excluding carboxylic acids is 2. The average molecular weight is 368 g/mol. The summed E-state index contributed by atoms with van der Waals surface area (Å²) in [5, 5.41) is 0. The molecular weight excluding hydrogens is 344 g/mol. The van der Waals surface area contributed by atoms with Crippen LogP contribution in [0.25, 0.3) is 0 Å². The number of benzene rings is 1. The van der Waals surface area contributed by atoms with Gasteiger partial charge in [-0.2, -0.15) is 0 Å². The first-order valence-corrected chi connectivity index (χ1v) is 8.58. The minimum Gasteiger partial charge on any atom is -0.493 e. The molecular formula is C21H24N2O4. The second-order valence-corrected chi connectivity index (χ2v) is 6.46. The molecule has 0 saturated carbocycles. The van der Waals surface area contributed by atoms with Crippen LogP contribution in [0.5, 0.6) is 11.5 Å². The standard InChI is InChI=1S/C21H24N2O4/c1-5-7-15-9-10-17(18(12-15)26-4)27-20(25)21(22,14(2)3)19(24)16-8-6-11-23-13-16/h5-6,8-14H,1,7,22H2,2-4H3. The summed E-state index contributed by atoms with van der Waals surface area (Å²) in [4.78, 5) is 29.8. The third-order valence-electron chi connectivity index (χ3n) is 4.36. The van der Waals surface area contributed by atoms with E-state index in [9.17, 15) is 9.59 Å². The Morgan fingerprint density at radius 1 is 1.30 bits per heavy atom. The smallest absolute Gasteiger partial charge is 0.340 e. The van der Waals surface area contributed by atoms with E-state index in [0.29, 0.717) is 12.2 Å². The van der Waals surface area contributed by atoms with Crippen LogP contribution in [0.4, 0.5) is 0 Å². The lowest BCUT2D eigenvalue weighted by Crippen LogP contribution is -2.60. The second-order valence-electron chi connectivity index (χ2n) is 6.46. The van der Waals surface area contributed by atoms with Crippen LogP contribution in [0.15, 0.2) is 55.4 Å². The highest BCUT2D eigenvalue weighted by Gasteiger charge is 2.47. The molecule has 0 radical (unpaired) electrons. The van der Waals surface area contributed by atoms with Gasteiger partial charge in [-0.05, 0) is 42.2 Å². The Bertz CT molecular complexity index is 833. The normalized spacial score (nSPS) is 12.9. The van der Waals surface area contributed by atoms with Gasteiger partial charge in [0.15, 0.2) is 22.8 Å². The molecule has 1 aromatic carbocycles. The first-order valence-electron chi connectivity index (χ1n) is 8.58. The number of ether oxygens (including phenoxy) is 2. The lowest BCUT2D eigenvalue weighted by Gasteiger charge is -2.29. The molecule has 0 saturated heterocycles. The van der Waals surface area contributed by atoms with Crippen molar-refractivity contribution in [2.24, 2.45) is 11.7 Å². The SMILES string of the molecule is C=CCc1ccc(OC(=O)C(N)(C(=O)c2cccnc2)C(C)C)c(OC)c1. The van der Waals surface area contributed by atoms with Crippen molar-refractivity contribution in [3.05, 3.63) is 66.5 Å². The Morgan fingerprint density at radius 2 is 2.04 bits per heavy atom. The molecule has 1 aromatic heterocycles. The fourth-order valence-electron chi connectivity index (χ4n) is 2.60. The van der Waals surface area contributed by atoms with Crippen LogP contribution >= 0.6 is 0 Å². The van der Waals surface area contributed by atoms with Gasteiger partial charge < -0.3 is 15.2 Å². The van der Waals surface area contributed by atoms with Gasteiger partial charge in [-0.3, -0.25) is 9.78 Å². The lowest BCUT2D eigenvalue weighted by atomic mass is 9.81. The summed E-state index contributed by atoms with van der Waals surface area (Å²) >= 11 is 0. The van der Waals surface area contributed by atoms with E-state index in [4.69, 9.17) is 15.2 Å². The molecule has 0 spiro atoms. The topological polar surface area (TPSA) is 91.5 Å². The van der Waals surface area contributed by atoms with Gasteiger partial charge in [-0.15, -0.1) is 6.58 Å². The highest BCUT2D eigenvalue weighted by atomic mass is 16.6. The number of nitrogens with two attached hydrogens (primary N) is 1. The Morgan fingerprint density at radius 3 is 2.59 bits per heavy atom. The molecule has 0 aliphatic carbocycles. The number of aromatic nitrogens is 1. The van der Waals surface area contributed by atoms with Crippen molar-refractivity contribution in [1.82, 2.24) is 4.98 Å². The number of ketones is 1. The third-order valence-corrected chi connectivity index (χ3v) is 4.36. The Labute approximate surface area is 159 Å². The molecule has 6 heteroatoms. The first-order chi connectivity index (χ1) is 12.8. The van der Waals surface area contributed by atoms with Crippen LogP contribution in [0, 0.1) is 5.92 Å². The minimum atomic E-state index is -1.85. The van der Waals surface area contributed by atoms with Crippen molar-refractivity contribution < 1.29 is 19.1 Å². The van der Waals surface area contributed by atoms with E-state index >= 15 is 0 Å². The molecule has 27 heavy (non-hydrogen) atoms. The van der Waals surface area contributed by atoms with E-state index in [1.165, 1.54) is 13.3 Å². The van der Waals surface area contributed by atoms with Gasteiger partial charge in [0.2, 0.25) is 0 Å². The van der Waals surface area contributed by atoms with Gasteiger partial charge in [-0.25, -0.2) is 4.79 Å². The summed E-state index contributed by atoms with van der Waals surface area (Å²) in [6.07, 6.45) is 5.33. The summed E-state index contributed by atoms with van der Waals surface area (Å²) in [7, 11) is 1.48. The minimum absolute atomic E-state index is 0.199. The number of esters is 1. The molecule has 0 bridgehead atoms. The molecule has 6 nitrogen and oxygen atoms in total. The third kappa shape index (κ3) is 4.23. The Balaban J connectivity index is 2.35. The summed E-state index contributed by atoms with van der Waals surface area (Å²) in [6, 6.07) is 8.34. The van der Waals surface area contributed by atoms with Crippen LogP contribution in [-0.4, -0.2) is 29.4 Å². The highest BCUT2D eigenvalue weighted by Crippen LogP contribution is 2.31. The van der Waals surface area contributed by atoms with E-state index in [-0.39, 0.29) is 11.3 Å². The maximum Gasteiger partial charge on any atom is 0.340 e. The second kappa shape index (κ2) is 8.60. The van der Waals surface area contributed by atoms with Crippen LogP contribution in [-0.2, 0) is 11.2 Å². The fourth-order valence-corrected chi connectivity index (χ4v) is 2.60. The predicted octanol–water partition coefficient (Wildman–Crippen LogP) is 2.96. The van der Waals surface area contributed by atoms with Crippen molar-refractivity contribution in [2.45, 2.75) is 25.8 Å². The van der Waals surface area contributed by atoms with Gasteiger partial charge in [0.1, 0.15) is 0 Å². The number of carbonyl (C=O) groups is 2. The molecule has 0 aliphatic rings. The maximum atomic E-state index is 12.9. The molecule has 142 valence electrons. The molecule has 2 N–H and O–H groups in total. The van der Waals surface area contributed by atoms with Crippen LogP contribution in [0.2, 0.25) is 0 Å². The van der Waals surface area contributed by atoms with E-state index in [0.717, 1.165) is 5.56 Å². The summed E-state index contributed by atoms with van der Waals surface area (Å²) < 4.78 is 10.8. The largest absolute Gasteiger partial charge is 0.493 e. The number of pyridine rings is 1. The summed E-state index contributed by atoms with van der Waals surface area (Å²) in [5.74, 6) is -1.31. The number of rotatable bonds is 8. The Kier molecular flexibility index (Phi) is 6.47. The van der Waals surface area contributed by atoms with Gasteiger partial charge in [0, 0.05) is 18.0 Å². The summed E-state index contributed by atoms with van der Waals surface area (Å²) in [6.45, 7) is 7.09. The van der Waals surface area contributed by atoms with E-state index in [1.54, 1.807) is 56.5 Å². The van der Waals surface area contributed by atoms with E-state index < -0.39 is 23.2 Å². The van der Waals surface area contributed by atoms with Gasteiger partial charge in [-0.1, -0.05) is 26.0 Å². The average Bonchev–Trinajstić information content (AvgIpc) is 2.68. The zero-order valence-corrected chi connectivity index (χ0v) is 15.8. The lowest BCUT2D eigenvalue weighted by molar-refractivity contribution is -0.140. The highest BCUT2D eigenvalue weighted by molar-refractivity contribution is 6.16. The van der Waals surface area contributed by atoms with Crippen molar-refractivity contribution >= 4 is 11.8 Å². The van der Waals surface area contributed by atoms with Gasteiger partial charge in [0.25, 0.3) is 0 Å². The first kappa shape index (κ1) is 20.3. The maximum absolute atomic E-state index is 12.9. The molecule has 2 rings (SSSR count). The van der Waals surface area contributed by atoms with Gasteiger partial charge in [0.05, 0.1) is 7.11 Å². The number of Topliss-reactive ketones (excluding diaryl/α,β-unsaturated/α-hetero) is 1. The Hall–Kier alpha value is -2.99. The fraction of sp³-hybridized carbons (Fsp3) is 0.286. The number of allylic oxidation sites excluding steroid dienone is 1. The number of hydrogen-bond acceptors (Lipinski definition) is 6. The van der Waals surface area contributed by atoms with E-state index in [2.05, 4.69) is 11.6 Å². The number of methoxy groups -OCH3 is 1. The molecule has 0 fully saturated rings. The molecule has 1 unspecified atom stereocenters. The molecule has 1 heterocycles. The van der Waals surface area contributed by atoms with E-state index in [1.807, 2.05) is 0 Å². The van der Waals surface area contributed by atoms with Crippen molar-refractivity contribution in [2.75, 3.05) is 7.11 Å². The quantitative estimate of drug-likeness (QED) is 0.253. The van der Waals surface area contributed by atoms with Crippen molar-refractivity contribution in [1.29, 1.82) is 0 Å². The molecule has 2 aromatic rings. The number of nitrogens with zero attached hydrogens (tertiary/aromatic N) is 1. The van der Waals surface area contributed by atoms with Crippen LogP contribution < -0.4 is 15.2 Å². The van der Waals surface area contributed by atoms with Crippen molar-refractivity contribution in [3.63, 3.8) is 0 Å². The molecule has 0 amide bonds. The molecule has 1 atom stereocenters. The van der Waals surface area contributed by atoms with Gasteiger partial charge >= 0.3 is 5.97 Å². The van der Waals surface area contributed by atoms with Crippen LogP contribution in [0.3, 0.4) is 0 Å². The monoisotopic (exact) mass is 368 g/mol. The van der Waals surface area contributed by atoms with Crippen molar-refractivity contribution in [3.8, 4) is 11.5 Å². The van der Waals surface area contributed by atoms with Crippen LogP contribution in [0.1, 0.15) is 29.8 Å². The number of hydrogen-bond donors (Lipinski definition) is 1. The zero-order valence-electron chi connectivity index (χ0n) is 15.8. The molecule has 0 aliphatic heterocycles. The summed E-state index contributed by atoms with van der Waals surface area (Å²) in [5.41, 5.74) is 5.62. The zero-order chi connectivity index (χ0) is 20.0.